The van der Waals surface area contributed by atoms with E-state index in [0.29, 0.717) is 4.57 Å². The predicted molar refractivity (Wildman–Crippen MR) is 74.6 cm³/mol. The Bertz CT molecular complexity index is 670. The average molecular weight is 415 g/mol. The Balaban J connectivity index is 2.49. The smallest absolute Gasteiger partial charge is 0.351 e. The maximum absolute atomic E-state index is 13.8. The molecule has 1 saturated heterocycles. The van der Waals surface area contributed by atoms with E-state index in [1.165, 1.54) is 0 Å². The van der Waals surface area contributed by atoms with Crippen LogP contribution >= 0.6 is 22.6 Å². The molecule has 0 aromatic carbocycles. The highest BCUT2D eigenvalue weighted by Crippen LogP contribution is 2.42. The van der Waals surface area contributed by atoms with Gasteiger partial charge in [-0.2, -0.15) is 4.98 Å². The molecule has 0 saturated carbocycles. The Morgan fingerprint density at radius 3 is 2.81 bits per heavy atom. The quantitative estimate of drug-likeness (QED) is 0.541. The molecule has 2 heterocycles. The topological polar surface area (TPSA) is 90.4 Å². The van der Waals surface area contributed by atoms with Gasteiger partial charge in [0.2, 0.25) is 6.17 Å². The van der Waals surface area contributed by atoms with E-state index in [0.717, 1.165) is 6.20 Å². The third-order valence-electron chi connectivity index (χ3n) is 2.95. The number of aromatic nitrogens is 2. The van der Waals surface area contributed by atoms with Gasteiger partial charge in [0.15, 0.2) is 6.23 Å². The molecule has 1 aliphatic heterocycles. The molecule has 3 atom stereocenters. The van der Waals surface area contributed by atoms with E-state index in [-0.39, 0.29) is 11.4 Å². The van der Waals surface area contributed by atoms with Crippen LogP contribution in [-0.4, -0.2) is 39.5 Å². The first kappa shape index (κ1) is 16.1. The zero-order valence-electron chi connectivity index (χ0n) is 10.3. The first-order chi connectivity index (χ1) is 9.82. The highest BCUT2D eigenvalue weighted by Gasteiger charge is 2.60. The molecule has 1 aromatic rings. The summed E-state index contributed by atoms with van der Waals surface area (Å²) in [6.45, 7) is -1.08. The van der Waals surface area contributed by atoms with Crippen LogP contribution in [0.2, 0.25) is 0 Å². The summed E-state index contributed by atoms with van der Waals surface area (Å²) in [6.07, 6.45) is -5.75. The number of aliphatic hydroxyl groups is 1. The van der Waals surface area contributed by atoms with Crippen LogP contribution in [0.25, 0.3) is 0 Å². The first-order valence-corrected chi connectivity index (χ1v) is 6.69. The standard InChI is InChI=1S/C11H9F3IN3O3/c12-7-9(21-6(4-19)11(7,13)14)18-3-5(1-2-15)8(16)17-10(18)20/h3,6-7,9,19H,4H2,(H2,16,17,20). The average Bonchev–Trinajstić information content (AvgIpc) is 2.64. The molecule has 1 aromatic heterocycles. The minimum atomic E-state index is -3.92. The maximum atomic E-state index is 13.8. The van der Waals surface area contributed by atoms with Crippen molar-refractivity contribution in [3.8, 4) is 9.85 Å². The van der Waals surface area contributed by atoms with Crippen molar-refractivity contribution in [1.82, 2.24) is 9.55 Å². The third kappa shape index (κ3) is 2.72. The fraction of sp³-hybridized carbons (Fsp3) is 0.455. The van der Waals surface area contributed by atoms with E-state index in [1.54, 1.807) is 22.6 Å². The Morgan fingerprint density at radius 2 is 2.29 bits per heavy atom. The van der Waals surface area contributed by atoms with Gasteiger partial charge >= 0.3 is 11.6 Å². The second-order valence-corrected chi connectivity index (χ2v) is 4.76. The van der Waals surface area contributed by atoms with Crippen LogP contribution in [0.15, 0.2) is 11.0 Å². The molecule has 3 unspecified atom stereocenters. The molecule has 1 aliphatic rings. The lowest BCUT2D eigenvalue weighted by Crippen LogP contribution is -2.39. The fourth-order valence-electron chi connectivity index (χ4n) is 1.88. The summed E-state index contributed by atoms with van der Waals surface area (Å²) in [4.78, 5) is 15.1. The van der Waals surface area contributed by atoms with Crippen molar-refractivity contribution >= 4 is 28.4 Å². The van der Waals surface area contributed by atoms with E-state index >= 15 is 0 Å². The number of hydrogen-bond acceptors (Lipinski definition) is 5. The van der Waals surface area contributed by atoms with Crippen molar-refractivity contribution < 1.29 is 23.0 Å². The molecule has 1 fully saturated rings. The normalized spacial score (nSPS) is 27.2. The van der Waals surface area contributed by atoms with Crippen molar-refractivity contribution in [2.45, 2.75) is 24.4 Å². The summed E-state index contributed by atoms with van der Waals surface area (Å²) in [5.41, 5.74) is 4.50. The second-order valence-electron chi connectivity index (χ2n) is 4.22. The van der Waals surface area contributed by atoms with Crippen molar-refractivity contribution in [3.63, 3.8) is 0 Å². The number of alkyl halides is 3. The van der Waals surface area contributed by atoms with Crippen LogP contribution < -0.4 is 11.4 Å². The van der Waals surface area contributed by atoms with Crippen molar-refractivity contribution in [1.29, 1.82) is 0 Å². The molecular formula is C11H9F3IN3O3. The molecular weight excluding hydrogens is 406 g/mol. The maximum Gasteiger partial charge on any atom is 0.351 e. The molecule has 21 heavy (non-hydrogen) atoms. The van der Waals surface area contributed by atoms with Gasteiger partial charge in [-0.3, -0.25) is 4.57 Å². The highest BCUT2D eigenvalue weighted by atomic mass is 127. The van der Waals surface area contributed by atoms with Crippen LogP contribution in [0.5, 0.6) is 0 Å². The molecule has 3 N–H and O–H groups in total. The molecule has 0 amide bonds. The van der Waals surface area contributed by atoms with Gasteiger partial charge in [-0.25, -0.2) is 18.0 Å². The third-order valence-corrected chi connectivity index (χ3v) is 3.22. The van der Waals surface area contributed by atoms with Gasteiger partial charge in [-0.1, -0.05) is 5.92 Å². The summed E-state index contributed by atoms with van der Waals surface area (Å²) in [6, 6.07) is 0. The molecule has 0 aliphatic carbocycles. The van der Waals surface area contributed by atoms with Gasteiger partial charge in [0.1, 0.15) is 11.9 Å². The lowest BCUT2D eigenvalue weighted by molar-refractivity contribution is -0.111. The molecule has 0 spiro atoms. The lowest BCUT2D eigenvalue weighted by atomic mass is 10.1. The van der Waals surface area contributed by atoms with Gasteiger partial charge in [0.05, 0.1) is 12.2 Å². The minimum absolute atomic E-state index is 0.0792. The Hall–Kier alpha value is -1.32. The van der Waals surface area contributed by atoms with Gasteiger partial charge in [0.25, 0.3) is 0 Å². The van der Waals surface area contributed by atoms with Crippen LogP contribution in [0.3, 0.4) is 0 Å². The Morgan fingerprint density at radius 1 is 1.62 bits per heavy atom. The van der Waals surface area contributed by atoms with Crippen LogP contribution in [-0.2, 0) is 4.74 Å². The number of nitrogen functional groups attached to an aromatic ring is 1. The minimum Gasteiger partial charge on any atom is -0.393 e. The SMILES string of the molecule is Nc1nc(=O)n(C2OC(CO)C(F)(F)C2F)cc1C#CI. The second kappa shape index (κ2) is 5.82. The molecule has 0 radical (unpaired) electrons. The number of hydrogen-bond donors (Lipinski definition) is 2. The number of nitrogens with zero attached hydrogens (tertiary/aromatic N) is 2. The monoisotopic (exact) mass is 415 g/mol. The summed E-state index contributed by atoms with van der Waals surface area (Å²) < 4.78 is 48.7. The van der Waals surface area contributed by atoms with Gasteiger partial charge in [-0.05, 0) is 3.93 Å². The van der Waals surface area contributed by atoms with Crippen LogP contribution in [0, 0.1) is 9.85 Å². The summed E-state index contributed by atoms with van der Waals surface area (Å²) >= 11 is 1.70. The van der Waals surface area contributed by atoms with Gasteiger partial charge in [-0.15, -0.1) is 0 Å². The zero-order chi connectivity index (χ0) is 15.8. The van der Waals surface area contributed by atoms with E-state index < -0.39 is 36.7 Å². The van der Waals surface area contributed by atoms with Crippen LogP contribution in [0.1, 0.15) is 11.8 Å². The Labute approximate surface area is 130 Å². The molecule has 114 valence electrons. The van der Waals surface area contributed by atoms with E-state index in [2.05, 4.69) is 14.8 Å². The summed E-state index contributed by atoms with van der Waals surface area (Å²) in [5, 5.41) is 8.82. The largest absolute Gasteiger partial charge is 0.393 e. The van der Waals surface area contributed by atoms with Crippen LogP contribution in [0.4, 0.5) is 19.0 Å². The predicted octanol–water partition coefficient (Wildman–Crippen LogP) is 0.433. The molecule has 6 nitrogen and oxygen atoms in total. The van der Waals surface area contributed by atoms with E-state index in [4.69, 9.17) is 15.6 Å². The van der Waals surface area contributed by atoms with Gasteiger partial charge < -0.3 is 15.6 Å². The van der Waals surface area contributed by atoms with Gasteiger partial charge in [0, 0.05) is 28.8 Å². The van der Waals surface area contributed by atoms with Crippen molar-refractivity contribution in [2.24, 2.45) is 0 Å². The fourth-order valence-corrected chi connectivity index (χ4v) is 2.17. The number of anilines is 1. The Kier molecular flexibility index (Phi) is 4.45. The number of ether oxygens (including phenoxy) is 1. The molecule has 2 rings (SSSR count). The van der Waals surface area contributed by atoms with Crippen molar-refractivity contribution in [2.75, 3.05) is 12.3 Å². The van der Waals surface area contributed by atoms with Crippen molar-refractivity contribution in [3.05, 3.63) is 22.2 Å². The number of halogens is 4. The lowest BCUT2D eigenvalue weighted by Gasteiger charge is -2.17. The molecule has 0 bridgehead atoms. The van der Waals surface area contributed by atoms with E-state index in [9.17, 15) is 18.0 Å². The highest BCUT2D eigenvalue weighted by molar-refractivity contribution is 14.1. The van der Waals surface area contributed by atoms with E-state index in [1.807, 2.05) is 0 Å². The zero-order valence-corrected chi connectivity index (χ0v) is 12.4. The number of nitrogens with two attached hydrogens (primary N) is 1. The number of aliphatic hydroxyl groups excluding tert-OH is 1. The number of rotatable bonds is 2. The molecule has 10 heteroatoms. The first-order valence-electron chi connectivity index (χ1n) is 5.61. The summed E-state index contributed by atoms with van der Waals surface area (Å²) in [5.74, 6) is -1.61. The summed E-state index contributed by atoms with van der Waals surface area (Å²) in [7, 11) is 0.